The van der Waals surface area contributed by atoms with Crippen LogP contribution in [0.1, 0.15) is 28.7 Å². The number of aryl methyl sites for hydroxylation is 1. The molecule has 3 aromatic rings. The smallest absolute Gasteiger partial charge is 0.270 e. The molecule has 1 aromatic carbocycles. The second-order valence-corrected chi connectivity index (χ2v) is 7.79. The van der Waals surface area contributed by atoms with Gasteiger partial charge in [0, 0.05) is 19.3 Å². The van der Waals surface area contributed by atoms with Gasteiger partial charge in [-0.15, -0.1) is 0 Å². The SMILES string of the molecule is CNc1cc(COCC(C)NC(=O)c2c(C)nc3c(N)nc(Br)cn23)cc(N)c1N. The molecule has 0 saturated carbocycles. The number of benzene rings is 1. The number of hydrogen-bond acceptors (Lipinski definition) is 8. The van der Waals surface area contributed by atoms with Crippen molar-refractivity contribution in [2.75, 3.05) is 36.2 Å². The summed E-state index contributed by atoms with van der Waals surface area (Å²) in [6, 6.07) is 3.42. The van der Waals surface area contributed by atoms with Crippen LogP contribution in [0.3, 0.4) is 0 Å². The van der Waals surface area contributed by atoms with E-state index in [0.717, 1.165) is 11.3 Å². The van der Waals surface area contributed by atoms with E-state index in [0.29, 0.717) is 46.2 Å². The number of hydrogen-bond donors (Lipinski definition) is 5. The van der Waals surface area contributed by atoms with Crippen molar-refractivity contribution in [2.24, 2.45) is 0 Å². The van der Waals surface area contributed by atoms with Crippen molar-refractivity contribution in [2.45, 2.75) is 26.5 Å². The number of ether oxygens (including phenoxy) is 1. The van der Waals surface area contributed by atoms with Gasteiger partial charge >= 0.3 is 0 Å². The van der Waals surface area contributed by atoms with Gasteiger partial charge in [0.15, 0.2) is 11.5 Å². The van der Waals surface area contributed by atoms with Crippen molar-refractivity contribution in [1.82, 2.24) is 19.7 Å². The summed E-state index contributed by atoms with van der Waals surface area (Å²) >= 11 is 3.29. The molecular formula is C19H25BrN8O2. The van der Waals surface area contributed by atoms with E-state index in [4.69, 9.17) is 21.9 Å². The Balaban J connectivity index is 1.64. The van der Waals surface area contributed by atoms with Gasteiger partial charge in [-0.3, -0.25) is 9.20 Å². The Morgan fingerprint density at radius 1 is 1.30 bits per heavy atom. The average Bonchev–Trinajstić information content (AvgIpc) is 3.00. The van der Waals surface area contributed by atoms with Crippen molar-refractivity contribution < 1.29 is 9.53 Å². The lowest BCUT2D eigenvalue weighted by atomic mass is 10.1. The third-order valence-corrected chi connectivity index (χ3v) is 4.93. The van der Waals surface area contributed by atoms with E-state index in [1.807, 2.05) is 13.0 Å². The van der Waals surface area contributed by atoms with E-state index in [1.54, 1.807) is 30.6 Å². The summed E-state index contributed by atoms with van der Waals surface area (Å²) in [5, 5.41) is 5.93. The molecule has 30 heavy (non-hydrogen) atoms. The molecule has 0 aliphatic rings. The van der Waals surface area contributed by atoms with Crippen LogP contribution in [0.2, 0.25) is 0 Å². The molecule has 10 nitrogen and oxygen atoms in total. The number of nitrogens with two attached hydrogens (primary N) is 3. The van der Waals surface area contributed by atoms with Crippen molar-refractivity contribution >= 4 is 50.4 Å². The molecule has 1 unspecified atom stereocenters. The van der Waals surface area contributed by atoms with E-state index in [2.05, 4.69) is 36.5 Å². The van der Waals surface area contributed by atoms with Gasteiger partial charge in [0.1, 0.15) is 10.3 Å². The fourth-order valence-electron chi connectivity index (χ4n) is 3.14. The summed E-state index contributed by atoms with van der Waals surface area (Å²) in [6.07, 6.45) is 1.66. The van der Waals surface area contributed by atoms with Crippen LogP contribution in [0.4, 0.5) is 22.9 Å². The Bertz CT molecular complexity index is 1100. The maximum absolute atomic E-state index is 12.8. The number of halogens is 1. The highest BCUT2D eigenvalue weighted by molar-refractivity contribution is 9.10. The Kier molecular flexibility index (Phi) is 6.32. The number of carbonyl (C=O) groups excluding carboxylic acids is 1. The number of amides is 1. The van der Waals surface area contributed by atoms with Gasteiger partial charge < -0.3 is 32.6 Å². The van der Waals surface area contributed by atoms with E-state index in [1.165, 1.54) is 0 Å². The third kappa shape index (κ3) is 4.41. The number of nitrogens with zero attached hydrogens (tertiary/aromatic N) is 3. The minimum atomic E-state index is -0.275. The van der Waals surface area contributed by atoms with Gasteiger partial charge in [0.25, 0.3) is 5.91 Å². The normalized spacial score (nSPS) is 12.1. The second kappa shape index (κ2) is 8.76. The van der Waals surface area contributed by atoms with E-state index in [-0.39, 0.29) is 17.8 Å². The van der Waals surface area contributed by atoms with Crippen molar-refractivity contribution in [3.05, 3.63) is 39.9 Å². The minimum Gasteiger partial charge on any atom is -0.397 e. The molecule has 0 spiro atoms. The van der Waals surface area contributed by atoms with Gasteiger partial charge in [-0.2, -0.15) is 0 Å². The molecule has 8 N–H and O–H groups in total. The first kappa shape index (κ1) is 21.7. The van der Waals surface area contributed by atoms with Gasteiger partial charge in [0.05, 0.1) is 36.0 Å². The molecular weight excluding hydrogens is 452 g/mol. The number of fused-ring (bicyclic) bond motifs is 1. The lowest BCUT2D eigenvalue weighted by Crippen LogP contribution is -2.36. The molecule has 2 heterocycles. The first-order valence-electron chi connectivity index (χ1n) is 9.26. The molecule has 0 aliphatic carbocycles. The molecule has 0 bridgehead atoms. The maximum Gasteiger partial charge on any atom is 0.270 e. The Hall–Kier alpha value is -3.05. The predicted molar refractivity (Wildman–Crippen MR) is 121 cm³/mol. The fraction of sp³-hybridized carbons (Fsp3) is 0.316. The largest absolute Gasteiger partial charge is 0.397 e. The Labute approximate surface area is 182 Å². The highest BCUT2D eigenvalue weighted by Gasteiger charge is 2.20. The lowest BCUT2D eigenvalue weighted by Gasteiger charge is -2.16. The minimum absolute atomic E-state index is 0.236. The number of nitrogens with one attached hydrogen (secondary N) is 2. The molecule has 160 valence electrons. The van der Waals surface area contributed by atoms with Crippen LogP contribution in [0.15, 0.2) is 22.9 Å². The predicted octanol–water partition coefficient (Wildman–Crippen LogP) is 1.92. The first-order valence-corrected chi connectivity index (χ1v) is 10.1. The molecule has 0 fully saturated rings. The van der Waals surface area contributed by atoms with Crippen LogP contribution in [0.25, 0.3) is 5.65 Å². The van der Waals surface area contributed by atoms with Crippen LogP contribution >= 0.6 is 15.9 Å². The molecule has 2 aromatic heterocycles. The number of nitrogen functional groups attached to an aromatic ring is 3. The number of imidazole rings is 1. The summed E-state index contributed by atoms with van der Waals surface area (Å²) in [4.78, 5) is 21.3. The molecule has 3 rings (SSSR count). The summed E-state index contributed by atoms with van der Waals surface area (Å²) in [5.74, 6) is -0.0329. The molecule has 0 radical (unpaired) electrons. The topological polar surface area (TPSA) is 159 Å². The number of carbonyl (C=O) groups is 1. The summed E-state index contributed by atoms with van der Waals surface area (Å²) in [6.45, 7) is 4.26. The van der Waals surface area contributed by atoms with Crippen LogP contribution in [0, 0.1) is 6.92 Å². The maximum atomic E-state index is 12.8. The number of aromatic nitrogens is 3. The molecule has 11 heteroatoms. The van der Waals surface area contributed by atoms with Crippen molar-refractivity contribution in [3.8, 4) is 0 Å². The van der Waals surface area contributed by atoms with E-state index < -0.39 is 0 Å². The van der Waals surface area contributed by atoms with Crippen LogP contribution < -0.4 is 27.8 Å². The Morgan fingerprint density at radius 3 is 2.73 bits per heavy atom. The fourth-order valence-corrected chi connectivity index (χ4v) is 3.54. The van der Waals surface area contributed by atoms with Gasteiger partial charge in [-0.05, 0) is 47.5 Å². The average molecular weight is 477 g/mol. The Morgan fingerprint density at radius 2 is 2.03 bits per heavy atom. The van der Waals surface area contributed by atoms with Crippen LogP contribution in [-0.2, 0) is 11.3 Å². The monoisotopic (exact) mass is 476 g/mol. The number of rotatable bonds is 7. The van der Waals surface area contributed by atoms with Crippen LogP contribution in [0.5, 0.6) is 0 Å². The van der Waals surface area contributed by atoms with E-state index >= 15 is 0 Å². The number of anilines is 4. The second-order valence-electron chi connectivity index (χ2n) is 6.97. The highest BCUT2D eigenvalue weighted by Crippen LogP contribution is 2.27. The quantitative estimate of drug-likeness (QED) is 0.323. The summed E-state index contributed by atoms with van der Waals surface area (Å²) < 4.78 is 7.89. The molecule has 1 amide bonds. The third-order valence-electron chi connectivity index (χ3n) is 4.55. The highest BCUT2D eigenvalue weighted by atomic mass is 79.9. The zero-order valence-corrected chi connectivity index (χ0v) is 18.6. The molecule has 1 atom stereocenters. The molecule has 0 saturated heterocycles. The standard InChI is InChI=1S/C19H25BrN8O2/c1-9(7-30-8-11-4-12(21)15(22)13(5-11)24-3)25-19(29)16-10(2)26-18-17(23)27-14(20)6-28(16)18/h4-6,9,24H,7-8,21-22H2,1-3H3,(H2,23,27)(H,25,29). The van der Waals surface area contributed by atoms with Gasteiger partial charge in [0.2, 0.25) is 0 Å². The zero-order valence-electron chi connectivity index (χ0n) is 17.0. The van der Waals surface area contributed by atoms with Crippen LogP contribution in [-0.4, -0.2) is 40.0 Å². The molecule has 0 aliphatic heterocycles. The zero-order chi connectivity index (χ0) is 22.0. The van der Waals surface area contributed by atoms with Crippen molar-refractivity contribution in [1.29, 1.82) is 0 Å². The van der Waals surface area contributed by atoms with Crippen molar-refractivity contribution in [3.63, 3.8) is 0 Å². The first-order chi connectivity index (χ1) is 14.2. The van der Waals surface area contributed by atoms with Gasteiger partial charge in [-0.25, -0.2) is 9.97 Å². The van der Waals surface area contributed by atoms with E-state index in [9.17, 15) is 4.79 Å². The van der Waals surface area contributed by atoms with Gasteiger partial charge in [-0.1, -0.05) is 0 Å². The summed E-state index contributed by atoms with van der Waals surface area (Å²) in [5.41, 5.74) is 21.8. The summed E-state index contributed by atoms with van der Waals surface area (Å²) in [7, 11) is 1.78. The lowest BCUT2D eigenvalue weighted by molar-refractivity contribution is 0.0815.